The first-order chi connectivity index (χ1) is 12.4. The number of carbonyl (C=O) groups excluding carboxylic acids is 1. The molecule has 0 spiro atoms. The molecule has 0 bridgehead atoms. The molecule has 2 aliphatic heterocycles. The van der Waals surface area contributed by atoms with E-state index in [0.717, 1.165) is 36.5 Å². The topological polar surface area (TPSA) is 79.3 Å². The maximum atomic E-state index is 13.2. The Bertz CT molecular complexity index is 824. The van der Waals surface area contributed by atoms with Crippen LogP contribution < -0.4 is 0 Å². The summed E-state index contributed by atoms with van der Waals surface area (Å²) in [6.07, 6.45) is 2.67. The molecule has 4 heterocycles. The fraction of sp³-hybridized carbons (Fsp3) is 0.611. The van der Waals surface area contributed by atoms with Gasteiger partial charge in [0.15, 0.2) is 5.69 Å². The molecule has 0 aromatic carbocycles. The Hall–Kier alpha value is -2.19. The van der Waals surface area contributed by atoms with Crippen molar-refractivity contribution in [1.82, 2.24) is 29.8 Å². The van der Waals surface area contributed by atoms with Crippen LogP contribution in [0.1, 0.15) is 53.0 Å². The summed E-state index contributed by atoms with van der Waals surface area (Å²) in [5, 5.41) is 11.8. The number of ether oxygens (including phenoxy) is 1. The number of aromatic nitrogens is 4. The molecule has 1 N–H and O–H groups in total. The third-order valence-corrected chi connectivity index (χ3v) is 5.17. The normalized spacial score (nSPS) is 22.4. The predicted molar refractivity (Wildman–Crippen MR) is 95.6 cm³/mol. The van der Waals surface area contributed by atoms with E-state index in [-0.39, 0.29) is 18.1 Å². The molecular formula is C18H26N6O2. The number of amides is 1. The number of H-pyrrole nitrogens is 1. The molecule has 2 atom stereocenters. The van der Waals surface area contributed by atoms with Crippen LogP contribution in [0.5, 0.6) is 0 Å². The number of hydrogen-bond acceptors (Lipinski definition) is 5. The Kier molecular flexibility index (Phi) is 4.32. The highest BCUT2D eigenvalue weighted by atomic mass is 16.5. The minimum atomic E-state index is -0.0581. The van der Waals surface area contributed by atoms with Crippen molar-refractivity contribution in [2.45, 2.75) is 52.1 Å². The van der Waals surface area contributed by atoms with E-state index in [2.05, 4.69) is 20.2 Å². The van der Waals surface area contributed by atoms with Crippen molar-refractivity contribution in [3.05, 3.63) is 34.4 Å². The van der Waals surface area contributed by atoms with Crippen LogP contribution >= 0.6 is 0 Å². The zero-order valence-electron chi connectivity index (χ0n) is 15.8. The van der Waals surface area contributed by atoms with Gasteiger partial charge in [0, 0.05) is 30.6 Å². The van der Waals surface area contributed by atoms with Crippen LogP contribution in [-0.2, 0) is 30.8 Å². The molecule has 2 aromatic heterocycles. The summed E-state index contributed by atoms with van der Waals surface area (Å²) in [7, 11) is 4.08. The quantitative estimate of drug-likeness (QED) is 0.896. The van der Waals surface area contributed by atoms with Crippen LogP contribution in [0.4, 0.5) is 0 Å². The second-order valence-corrected chi connectivity index (χ2v) is 7.56. The van der Waals surface area contributed by atoms with E-state index in [1.54, 1.807) is 0 Å². The Labute approximate surface area is 153 Å². The van der Waals surface area contributed by atoms with Gasteiger partial charge in [-0.2, -0.15) is 10.2 Å². The van der Waals surface area contributed by atoms with Crippen molar-refractivity contribution < 1.29 is 9.53 Å². The lowest BCUT2D eigenvalue weighted by Crippen LogP contribution is -2.39. The standard InChI is InChI=1S/C18H26N6O2/c1-11-7-14-16(12(2)26-11)20-21-17(14)18(25)23-5-6-24-15(10-23)13(8-19-24)9-22(3)4/h8,11-12H,5-7,9-10H2,1-4H3,(H,20,21)/t11-,12+/m1/s1. The van der Waals surface area contributed by atoms with Crippen LogP contribution in [0.15, 0.2) is 6.20 Å². The molecule has 4 rings (SSSR count). The molecule has 0 saturated carbocycles. The number of nitrogens with zero attached hydrogens (tertiary/aromatic N) is 5. The summed E-state index contributed by atoms with van der Waals surface area (Å²) in [5.74, 6) is -0.00736. The molecule has 26 heavy (non-hydrogen) atoms. The van der Waals surface area contributed by atoms with E-state index < -0.39 is 0 Å². The summed E-state index contributed by atoms with van der Waals surface area (Å²) in [6, 6.07) is 0. The minimum Gasteiger partial charge on any atom is -0.369 e. The highest BCUT2D eigenvalue weighted by Gasteiger charge is 2.33. The molecule has 8 heteroatoms. The molecule has 0 unspecified atom stereocenters. The van der Waals surface area contributed by atoms with E-state index in [1.807, 2.05) is 43.7 Å². The lowest BCUT2D eigenvalue weighted by molar-refractivity contribution is -0.00703. The third-order valence-electron chi connectivity index (χ3n) is 5.17. The Morgan fingerprint density at radius 3 is 2.96 bits per heavy atom. The molecule has 1 amide bonds. The monoisotopic (exact) mass is 358 g/mol. The number of nitrogens with one attached hydrogen (secondary N) is 1. The third kappa shape index (κ3) is 2.93. The summed E-state index contributed by atoms with van der Waals surface area (Å²) < 4.78 is 7.84. The van der Waals surface area contributed by atoms with E-state index in [9.17, 15) is 4.79 Å². The molecule has 140 valence electrons. The van der Waals surface area contributed by atoms with Gasteiger partial charge in [-0.05, 0) is 27.9 Å². The van der Waals surface area contributed by atoms with Crippen molar-refractivity contribution in [3.63, 3.8) is 0 Å². The van der Waals surface area contributed by atoms with Gasteiger partial charge in [0.25, 0.3) is 5.91 Å². The summed E-state index contributed by atoms with van der Waals surface area (Å²) in [6.45, 7) is 6.80. The Morgan fingerprint density at radius 1 is 1.38 bits per heavy atom. The van der Waals surface area contributed by atoms with Crippen molar-refractivity contribution in [1.29, 1.82) is 0 Å². The zero-order valence-corrected chi connectivity index (χ0v) is 15.8. The lowest BCUT2D eigenvalue weighted by Gasteiger charge is -2.29. The maximum Gasteiger partial charge on any atom is 0.275 e. The SMILES string of the molecule is C[C@@H]1Cc2c(C(=O)N3CCn4ncc(CN(C)C)c4C3)n[nH]c2[C@H](C)O1. The van der Waals surface area contributed by atoms with Crippen LogP contribution in [-0.4, -0.2) is 62.4 Å². The van der Waals surface area contributed by atoms with Gasteiger partial charge in [-0.1, -0.05) is 0 Å². The van der Waals surface area contributed by atoms with Crippen molar-refractivity contribution in [2.24, 2.45) is 0 Å². The molecular weight excluding hydrogens is 332 g/mol. The second-order valence-electron chi connectivity index (χ2n) is 7.56. The first kappa shape index (κ1) is 17.2. The van der Waals surface area contributed by atoms with E-state index in [0.29, 0.717) is 18.8 Å². The fourth-order valence-corrected chi connectivity index (χ4v) is 3.95. The largest absolute Gasteiger partial charge is 0.369 e. The number of hydrogen-bond donors (Lipinski definition) is 1. The van der Waals surface area contributed by atoms with Crippen molar-refractivity contribution >= 4 is 5.91 Å². The first-order valence-electron chi connectivity index (χ1n) is 9.14. The van der Waals surface area contributed by atoms with Gasteiger partial charge in [-0.3, -0.25) is 14.6 Å². The lowest BCUT2D eigenvalue weighted by atomic mass is 9.99. The molecule has 2 aliphatic rings. The Morgan fingerprint density at radius 2 is 2.19 bits per heavy atom. The zero-order chi connectivity index (χ0) is 18.4. The summed E-state index contributed by atoms with van der Waals surface area (Å²) in [5.41, 5.74) is 4.78. The minimum absolute atomic E-state index is 0.00736. The number of aromatic amines is 1. The maximum absolute atomic E-state index is 13.2. The predicted octanol–water partition coefficient (Wildman–Crippen LogP) is 1.35. The average Bonchev–Trinajstić information content (AvgIpc) is 3.18. The smallest absolute Gasteiger partial charge is 0.275 e. The van der Waals surface area contributed by atoms with Crippen molar-refractivity contribution in [2.75, 3.05) is 20.6 Å². The van der Waals surface area contributed by atoms with Gasteiger partial charge in [-0.25, -0.2) is 0 Å². The molecule has 0 fully saturated rings. The van der Waals surface area contributed by atoms with Crippen LogP contribution in [0.3, 0.4) is 0 Å². The summed E-state index contributed by atoms with van der Waals surface area (Å²) in [4.78, 5) is 17.2. The number of rotatable bonds is 3. The molecule has 0 saturated heterocycles. The van der Waals surface area contributed by atoms with Crippen LogP contribution in [0, 0.1) is 0 Å². The second kappa shape index (κ2) is 6.51. The highest BCUT2D eigenvalue weighted by molar-refractivity contribution is 5.94. The molecule has 0 radical (unpaired) electrons. The van der Waals surface area contributed by atoms with Gasteiger partial charge in [0.1, 0.15) is 0 Å². The van der Waals surface area contributed by atoms with Crippen molar-refractivity contribution in [3.8, 4) is 0 Å². The first-order valence-corrected chi connectivity index (χ1v) is 9.14. The van der Waals surface area contributed by atoms with E-state index >= 15 is 0 Å². The van der Waals surface area contributed by atoms with Crippen LogP contribution in [0.2, 0.25) is 0 Å². The van der Waals surface area contributed by atoms with E-state index in [1.165, 1.54) is 5.56 Å². The van der Waals surface area contributed by atoms with Gasteiger partial charge in [-0.15, -0.1) is 0 Å². The number of fused-ring (bicyclic) bond motifs is 2. The molecule has 2 aromatic rings. The average molecular weight is 358 g/mol. The van der Waals surface area contributed by atoms with Crippen LogP contribution in [0.25, 0.3) is 0 Å². The van der Waals surface area contributed by atoms with Gasteiger partial charge in [0.2, 0.25) is 0 Å². The van der Waals surface area contributed by atoms with Gasteiger partial charge in [0.05, 0.1) is 42.9 Å². The summed E-state index contributed by atoms with van der Waals surface area (Å²) >= 11 is 0. The van der Waals surface area contributed by atoms with Gasteiger partial charge >= 0.3 is 0 Å². The van der Waals surface area contributed by atoms with Gasteiger partial charge < -0.3 is 14.5 Å². The highest BCUT2D eigenvalue weighted by Crippen LogP contribution is 2.31. The van der Waals surface area contributed by atoms with E-state index in [4.69, 9.17) is 4.74 Å². The number of carbonyl (C=O) groups is 1. The fourth-order valence-electron chi connectivity index (χ4n) is 3.95. The Balaban J connectivity index is 1.58. The molecule has 8 nitrogen and oxygen atoms in total. The molecule has 0 aliphatic carbocycles.